The lowest BCUT2D eigenvalue weighted by Crippen LogP contribution is -2.22. The van der Waals surface area contributed by atoms with Crippen LogP contribution in [0.2, 0.25) is 10.0 Å². The van der Waals surface area contributed by atoms with Gasteiger partial charge < -0.3 is 9.47 Å². The minimum atomic E-state index is -3.48. The summed E-state index contributed by atoms with van der Waals surface area (Å²) >= 11 is 11.7. The van der Waals surface area contributed by atoms with E-state index in [-0.39, 0.29) is 23.7 Å². The number of benzene rings is 2. The highest BCUT2D eigenvalue weighted by Gasteiger charge is 2.16. The van der Waals surface area contributed by atoms with Crippen LogP contribution in [-0.4, -0.2) is 46.0 Å². The van der Waals surface area contributed by atoms with Crippen LogP contribution in [0, 0.1) is 0 Å². The molecular weight excluding hydrogens is 401 g/mol. The molecule has 0 saturated heterocycles. The van der Waals surface area contributed by atoms with Gasteiger partial charge >= 0.3 is 5.97 Å². The Morgan fingerprint density at radius 2 is 1.58 bits per heavy atom. The van der Waals surface area contributed by atoms with E-state index < -0.39 is 16.0 Å². The quantitative estimate of drug-likeness (QED) is 0.509. The first kappa shape index (κ1) is 20.5. The summed E-state index contributed by atoms with van der Waals surface area (Å²) in [6.45, 7) is 0.126. The van der Waals surface area contributed by atoms with Gasteiger partial charge in [-0.3, -0.25) is 0 Å². The van der Waals surface area contributed by atoms with Crippen LogP contribution in [0.5, 0.6) is 5.75 Å². The van der Waals surface area contributed by atoms with Crippen LogP contribution in [-0.2, 0) is 14.8 Å². The molecule has 0 aliphatic heterocycles. The van der Waals surface area contributed by atoms with Crippen molar-refractivity contribution in [2.75, 3.05) is 27.3 Å². The molecule has 140 valence electrons. The Kier molecular flexibility index (Phi) is 6.88. The van der Waals surface area contributed by atoms with Crippen LogP contribution >= 0.6 is 23.2 Å². The molecule has 0 heterocycles. The first-order valence-electron chi connectivity index (χ1n) is 7.49. The molecule has 26 heavy (non-hydrogen) atoms. The first-order chi connectivity index (χ1) is 12.2. The molecule has 0 radical (unpaired) electrons. The van der Waals surface area contributed by atoms with E-state index in [1.54, 1.807) is 0 Å². The fraction of sp³-hybridized carbons (Fsp3) is 0.235. The van der Waals surface area contributed by atoms with Crippen molar-refractivity contribution in [1.82, 2.24) is 4.31 Å². The number of esters is 1. The number of halogens is 2. The third kappa shape index (κ3) is 5.35. The van der Waals surface area contributed by atoms with E-state index in [0.29, 0.717) is 15.8 Å². The van der Waals surface area contributed by atoms with Gasteiger partial charge in [0.05, 0.1) is 10.5 Å². The zero-order valence-electron chi connectivity index (χ0n) is 14.1. The van der Waals surface area contributed by atoms with Crippen molar-refractivity contribution in [2.24, 2.45) is 0 Å². The van der Waals surface area contributed by atoms with Gasteiger partial charge in [0.1, 0.15) is 19.0 Å². The average Bonchev–Trinajstić information content (AvgIpc) is 2.58. The van der Waals surface area contributed by atoms with Crippen LogP contribution in [0.3, 0.4) is 0 Å². The summed E-state index contributed by atoms with van der Waals surface area (Å²) in [6.07, 6.45) is 0. The summed E-state index contributed by atoms with van der Waals surface area (Å²) in [6, 6.07) is 10.4. The van der Waals surface area contributed by atoms with E-state index in [4.69, 9.17) is 32.7 Å². The number of hydrogen-bond acceptors (Lipinski definition) is 5. The lowest BCUT2D eigenvalue weighted by molar-refractivity contribution is 0.0450. The van der Waals surface area contributed by atoms with Crippen molar-refractivity contribution in [1.29, 1.82) is 0 Å². The maximum atomic E-state index is 12.0. The van der Waals surface area contributed by atoms with Gasteiger partial charge in [0, 0.05) is 24.1 Å². The van der Waals surface area contributed by atoms with Gasteiger partial charge in [-0.25, -0.2) is 17.5 Å². The molecule has 6 nitrogen and oxygen atoms in total. The number of carbonyl (C=O) groups is 1. The predicted octanol–water partition coefficient (Wildman–Crippen LogP) is 3.48. The molecule has 0 bridgehead atoms. The maximum Gasteiger partial charge on any atom is 0.338 e. The summed E-state index contributed by atoms with van der Waals surface area (Å²) in [7, 11) is -0.562. The van der Waals surface area contributed by atoms with E-state index in [0.717, 1.165) is 4.31 Å². The van der Waals surface area contributed by atoms with E-state index in [2.05, 4.69) is 0 Å². The lowest BCUT2D eigenvalue weighted by Gasteiger charge is -2.12. The second-order valence-corrected chi connectivity index (χ2v) is 8.43. The second-order valence-electron chi connectivity index (χ2n) is 5.40. The summed E-state index contributed by atoms with van der Waals surface area (Å²) in [5.41, 5.74) is 0.251. The average molecular weight is 418 g/mol. The van der Waals surface area contributed by atoms with Gasteiger partial charge in [0.25, 0.3) is 0 Å². The number of ether oxygens (including phenoxy) is 2. The second kappa shape index (κ2) is 8.73. The Hall–Kier alpha value is -1.80. The zero-order valence-corrected chi connectivity index (χ0v) is 16.4. The van der Waals surface area contributed by atoms with Gasteiger partial charge in [-0.15, -0.1) is 0 Å². The van der Waals surface area contributed by atoms with Crippen LogP contribution < -0.4 is 4.74 Å². The van der Waals surface area contributed by atoms with Crippen LogP contribution in [0.25, 0.3) is 0 Å². The molecule has 0 N–H and O–H groups in total. The monoisotopic (exact) mass is 417 g/mol. The molecule has 0 aliphatic rings. The summed E-state index contributed by atoms with van der Waals surface area (Å²) in [5.74, 6) is -0.102. The molecule has 0 spiro atoms. The van der Waals surface area contributed by atoms with Crippen molar-refractivity contribution in [2.45, 2.75) is 4.90 Å². The highest BCUT2D eigenvalue weighted by Crippen LogP contribution is 2.20. The number of rotatable bonds is 7. The summed E-state index contributed by atoms with van der Waals surface area (Å²) in [4.78, 5) is 12.1. The molecular formula is C17H17Cl2NO5S. The molecule has 2 aromatic rings. The van der Waals surface area contributed by atoms with Gasteiger partial charge in [0.15, 0.2) is 0 Å². The molecule has 0 aromatic heterocycles. The van der Waals surface area contributed by atoms with E-state index in [9.17, 15) is 13.2 Å². The highest BCUT2D eigenvalue weighted by atomic mass is 35.5. The van der Waals surface area contributed by atoms with Crippen LogP contribution in [0.4, 0.5) is 0 Å². The molecule has 2 rings (SSSR count). The standard InChI is InChI=1S/C17H17Cl2NO5S/c1-20(2)26(22,23)16-5-3-15(4-6-16)24-7-8-25-17(21)12-9-13(18)11-14(19)10-12/h3-6,9-11H,7-8H2,1-2H3. The van der Waals surface area contributed by atoms with Crippen molar-refractivity contribution in [3.63, 3.8) is 0 Å². The largest absolute Gasteiger partial charge is 0.490 e. The Morgan fingerprint density at radius 1 is 1.00 bits per heavy atom. The van der Waals surface area contributed by atoms with Gasteiger partial charge in [-0.2, -0.15) is 0 Å². The predicted molar refractivity (Wildman–Crippen MR) is 99.6 cm³/mol. The third-order valence-electron chi connectivity index (χ3n) is 3.29. The van der Waals surface area contributed by atoms with Crippen molar-refractivity contribution < 1.29 is 22.7 Å². The zero-order chi connectivity index (χ0) is 19.3. The number of nitrogens with zero attached hydrogens (tertiary/aromatic N) is 1. The molecule has 2 aromatic carbocycles. The third-order valence-corrected chi connectivity index (χ3v) is 5.55. The number of hydrogen-bond donors (Lipinski definition) is 0. The minimum Gasteiger partial charge on any atom is -0.490 e. The lowest BCUT2D eigenvalue weighted by atomic mass is 10.2. The van der Waals surface area contributed by atoms with Crippen molar-refractivity contribution in [3.8, 4) is 5.75 Å². The number of carbonyl (C=O) groups excluding carboxylic acids is 1. The van der Waals surface area contributed by atoms with Gasteiger partial charge in [-0.1, -0.05) is 23.2 Å². The van der Waals surface area contributed by atoms with Crippen molar-refractivity contribution >= 4 is 39.2 Å². The first-order valence-corrected chi connectivity index (χ1v) is 9.68. The van der Waals surface area contributed by atoms with Gasteiger partial charge in [-0.05, 0) is 42.5 Å². The van der Waals surface area contributed by atoms with E-state index >= 15 is 0 Å². The normalized spacial score (nSPS) is 11.4. The topological polar surface area (TPSA) is 72.9 Å². The van der Waals surface area contributed by atoms with Crippen LogP contribution in [0.15, 0.2) is 47.4 Å². The fourth-order valence-corrected chi connectivity index (χ4v) is 3.40. The smallest absolute Gasteiger partial charge is 0.338 e. The Balaban J connectivity index is 1.85. The Morgan fingerprint density at radius 3 is 2.12 bits per heavy atom. The molecule has 0 unspecified atom stereocenters. The Labute approximate surface area is 162 Å². The molecule has 9 heteroatoms. The Bertz CT molecular complexity index is 862. The van der Waals surface area contributed by atoms with E-state index in [1.807, 2.05) is 0 Å². The maximum absolute atomic E-state index is 12.0. The summed E-state index contributed by atoms with van der Waals surface area (Å²) in [5, 5.41) is 0.682. The SMILES string of the molecule is CN(C)S(=O)(=O)c1ccc(OCCOC(=O)c2cc(Cl)cc(Cl)c2)cc1. The molecule has 0 saturated carbocycles. The fourth-order valence-electron chi connectivity index (χ4n) is 1.97. The molecule has 0 aliphatic carbocycles. The minimum absolute atomic E-state index is 0.0146. The van der Waals surface area contributed by atoms with Gasteiger partial charge in [0.2, 0.25) is 10.0 Å². The number of sulfonamides is 1. The van der Waals surface area contributed by atoms with Crippen LogP contribution in [0.1, 0.15) is 10.4 Å². The van der Waals surface area contributed by atoms with Crippen molar-refractivity contribution in [3.05, 3.63) is 58.1 Å². The molecule has 0 atom stereocenters. The highest BCUT2D eigenvalue weighted by molar-refractivity contribution is 7.89. The molecule has 0 amide bonds. The molecule has 0 fully saturated rings. The summed E-state index contributed by atoms with van der Waals surface area (Å²) < 4.78 is 35.6. The van der Waals surface area contributed by atoms with E-state index in [1.165, 1.54) is 56.6 Å².